The molecule has 0 aliphatic rings. The van der Waals surface area contributed by atoms with Gasteiger partial charge in [0.25, 0.3) is 0 Å². The van der Waals surface area contributed by atoms with E-state index >= 15 is 0 Å². The monoisotopic (exact) mass is 424 g/mol. The molecule has 0 spiro atoms. The molecule has 0 unspecified atom stereocenters. The van der Waals surface area contributed by atoms with Gasteiger partial charge in [0.05, 0.1) is 18.6 Å². The Bertz CT molecular complexity index is 1080. The molecule has 0 saturated heterocycles. The van der Waals surface area contributed by atoms with Crippen LogP contribution >= 0.6 is 23.4 Å². The Labute approximate surface area is 176 Å². The number of nitrogens with one attached hydrogen (secondary N) is 1. The smallest absolute Gasteiger partial charge is 0.230 e. The number of nitrogens with zero attached hydrogens (tertiary/aromatic N) is 3. The Morgan fingerprint density at radius 1 is 1.03 bits per heavy atom. The predicted molar refractivity (Wildman–Crippen MR) is 113 cm³/mol. The molecule has 0 saturated carbocycles. The lowest BCUT2D eigenvalue weighted by atomic mass is 10.2. The molecular weight excluding hydrogens is 408 g/mol. The van der Waals surface area contributed by atoms with Crippen molar-refractivity contribution in [2.24, 2.45) is 0 Å². The van der Waals surface area contributed by atoms with Gasteiger partial charge < -0.3 is 9.73 Å². The van der Waals surface area contributed by atoms with Gasteiger partial charge in [0.15, 0.2) is 11.0 Å². The number of carbonyl (C=O) groups is 1. The molecule has 0 fully saturated rings. The molecule has 2 heterocycles. The number of furan rings is 1. The minimum absolute atomic E-state index is 0.113. The zero-order chi connectivity index (χ0) is 20.1. The molecule has 2 aromatic carbocycles. The largest absolute Gasteiger partial charge is 0.467 e. The van der Waals surface area contributed by atoms with E-state index in [0.717, 1.165) is 11.3 Å². The van der Waals surface area contributed by atoms with Crippen LogP contribution in [0.1, 0.15) is 5.76 Å². The van der Waals surface area contributed by atoms with Crippen LogP contribution in [0.3, 0.4) is 0 Å². The Kier molecular flexibility index (Phi) is 5.97. The van der Waals surface area contributed by atoms with Crippen LogP contribution in [-0.4, -0.2) is 26.4 Å². The molecule has 29 heavy (non-hydrogen) atoms. The molecule has 146 valence electrons. The van der Waals surface area contributed by atoms with E-state index in [2.05, 4.69) is 15.5 Å². The lowest BCUT2D eigenvalue weighted by molar-refractivity contribution is -0.118. The first-order valence-corrected chi connectivity index (χ1v) is 10.3. The second kappa shape index (κ2) is 8.98. The third kappa shape index (κ3) is 4.70. The highest BCUT2D eigenvalue weighted by molar-refractivity contribution is 7.99. The van der Waals surface area contributed by atoms with Gasteiger partial charge in [0.1, 0.15) is 5.76 Å². The molecule has 0 bridgehead atoms. The molecule has 2 aromatic heterocycles. The summed E-state index contributed by atoms with van der Waals surface area (Å²) in [5, 5.41) is 12.8. The number of halogens is 1. The van der Waals surface area contributed by atoms with Crippen LogP contribution in [0.4, 0.5) is 0 Å². The van der Waals surface area contributed by atoms with Gasteiger partial charge in [-0.05, 0) is 36.4 Å². The van der Waals surface area contributed by atoms with E-state index < -0.39 is 0 Å². The fourth-order valence-corrected chi connectivity index (χ4v) is 3.65. The second-order valence-electron chi connectivity index (χ2n) is 6.13. The molecule has 1 N–H and O–H groups in total. The molecule has 0 aliphatic carbocycles. The third-order valence-corrected chi connectivity index (χ3v) is 5.30. The number of aromatic nitrogens is 3. The number of hydrogen-bond donors (Lipinski definition) is 1. The number of hydrogen-bond acceptors (Lipinski definition) is 5. The summed E-state index contributed by atoms with van der Waals surface area (Å²) < 4.78 is 7.15. The van der Waals surface area contributed by atoms with E-state index in [9.17, 15) is 4.79 Å². The lowest BCUT2D eigenvalue weighted by Gasteiger charge is -2.10. The van der Waals surface area contributed by atoms with Crippen molar-refractivity contribution in [3.63, 3.8) is 0 Å². The topological polar surface area (TPSA) is 73.0 Å². The van der Waals surface area contributed by atoms with Crippen molar-refractivity contribution in [3.05, 3.63) is 83.8 Å². The normalized spacial score (nSPS) is 10.8. The molecule has 4 aromatic rings. The van der Waals surface area contributed by atoms with E-state index in [4.69, 9.17) is 16.0 Å². The Balaban J connectivity index is 1.55. The summed E-state index contributed by atoms with van der Waals surface area (Å²) in [7, 11) is 0. The van der Waals surface area contributed by atoms with Crippen molar-refractivity contribution < 1.29 is 9.21 Å². The van der Waals surface area contributed by atoms with E-state index in [-0.39, 0.29) is 11.7 Å². The van der Waals surface area contributed by atoms with Gasteiger partial charge in [-0.15, -0.1) is 10.2 Å². The summed E-state index contributed by atoms with van der Waals surface area (Å²) in [5.41, 5.74) is 1.81. The molecular formula is C21H17ClN4O2S. The summed E-state index contributed by atoms with van der Waals surface area (Å²) in [6, 6.07) is 20.8. The molecule has 0 atom stereocenters. The molecule has 4 rings (SSSR count). The number of benzene rings is 2. The van der Waals surface area contributed by atoms with Crippen molar-refractivity contribution in [1.29, 1.82) is 0 Å². The number of rotatable bonds is 7. The maximum Gasteiger partial charge on any atom is 0.230 e. The molecule has 8 heteroatoms. The zero-order valence-electron chi connectivity index (χ0n) is 15.3. The predicted octanol–water partition coefficient (Wildman–Crippen LogP) is 4.59. The Hall–Kier alpha value is -3.03. The summed E-state index contributed by atoms with van der Waals surface area (Å²) in [6.07, 6.45) is 1.58. The minimum atomic E-state index is -0.113. The maximum absolute atomic E-state index is 12.2. The van der Waals surface area contributed by atoms with E-state index in [1.54, 1.807) is 12.3 Å². The van der Waals surface area contributed by atoms with E-state index in [1.165, 1.54) is 11.8 Å². The van der Waals surface area contributed by atoms with Gasteiger partial charge in [0, 0.05) is 16.3 Å². The van der Waals surface area contributed by atoms with Gasteiger partial charge in [-0.3, -0.25) is 9.36 Å². The molecule has 1 amide bonds. The van der Waals surface area contributed by atoms with Crippen LogP contribution in [-0.2, 0) is 11.3 Å². The lowest BCUT2D eigenvalue weighted by Crippen LogP contribution is -2.24. The standard InChI is InChI=1S/C21H17ClN4O2S/c22-16-8-10-17(11-9-16)26-20(15-5-2-1-3-6-15)24-25-21(26)29-14-19(27)23-13-18-7-4-12-28-18/h1-12H,13-14H2,(H,23,27). The number of carbonyl (C=O) groups excluding carboxylic acids is 1. The second-order valence-corrected chi connectivity index (χ2v) is 7.51. The highest BCUT2D eigenvalue weighted by Gasteiger charge is 2.17. The number of amides is 1. The SMILES string of the molecule is O=C(CSc1nnc(-c2ccccc2)n1-c1ccc(Cl)cc1)NCc1ccco1. The zero-order valence-corrected chi connectivity index (χ0v) is 16.9. The van der Waals surface area contributed by atoms with Crippen LogP contribution < -0.4 is 5.32 Å². The van der Waals surface area contributed by atoms with Gasteiger partial charge >= 0.3 is 0 Å². The van der Waals surface area contributed by atoms with Crippen molar-refractivity contribution >= 4 is 29.3 Å². The molecule has 0 aliphatic heterocycles. The first kappa shape index (κ1) is 19.3. The van der Waals surface area contributed by atoms with Crippen molar-refractivity contribution in [2.75, 3.05) is 5.75 Å². The minimum Gasteiger partial charge on any atom is -0.467 e. The van der Waals surface area contributed by atoms with Crippen LogP contribution in [0.2, 0.25) is 5.02 Å². The van der Waals surface area contributed by atoms with Gasteiger partial charge in [0.2, 0.25) is 5.91 Å². The average Bonchev–Trinajstić information content (AvgIpc) is 3.42. The highest BCUT2D eigenvalue weighted by Crippen LogP contribution is 2.28. The summed E-state index contributed by atoms with van der Waals surface area (Å²) in [6.45, 7) is 0.353. The quantitative estimate of drug-likeness (QED) is 0.439. The number of thioether (sulfide) groups is 1. The summed E-state index contributed by atoms with van der Waals surface area (Å²) >= 11 is 7.36. The fourth-order valence-electron chi connectivity index (χ4n) is 2.74. The van der Waals surface area contributed by atoms with Gasteiger partial charge in [-0.1, -0.05) is 53.7 Å². The van der Waals surface area contributed by atoms with Crippen LogP contribution in [0.25, 0.3) is 17.1 Å². The Morgan fingerprint density at radius 2 is 1.83 bits per heavy atom. The van der Waals surface area contributed by atoms with E-state index in [1.807, 2.05) is 65.2 Å². The molecule has 0 radical (unpaired) electrons. The van der Waals surface area contributed by atoms with Crippen molar-refractivity contribution in [1.82, 2.24) is 20.1 Å². The maximum atomic E-state index is 12.2. The third-order valence-electron chi connectivity index (χ3n) is 4.12. The summed E-state index contributed by atoms with van der Waals surface area (Å²) in [5.74, 6) is 1.50. The fraction of sp³-hybridized carbons (Fsp3) is 0.0952. The summed E-state index contributed by atoms with van der Waals surface area (Å²) in [4.78, 5) is 12.2. The van der Waals surface area contributed by atoms with Crippen LogP contribution in [0.5, 0.6) is 0 Å². The van der Waals surface area contributed by atoms with Gasteiger partial charge in [-0.2, -0.15) is 0 Å². The van der Waals surface area contributed by atoms with E-state index in [0.29, 0.717) is 28.3 Å². The van der Waals surface area contributed by atoms with Gasteiger partial charge in [-0.25, -0.2) is 0 Å². The van der Waals surface area contributed by atoms with Crippen LogP contribution in [0.15, 0.2) is 82.6 Å². The van der Waals surface area contributed by atoms with Crippen molar-refractivity contribution in [3.8, 4) is 17.1 Å². The van der Waals surface area contributed by atoms with Crippen LogP contribution in [0, 0.1) is 0 Å². The first-order chi connectivity index (χ1) is 14.2. The highest BCUT2D eigenvalue weighted by atomic mass is 35.5. The molecule has 6 nitrogen and oxygen atoms in total. The first-order valence-electron chi connectivity index (χ1n) is 8.89. The van der Waals surface area contributed by atoms with Crippen molar-refractivity contribution in [2.45, 2.75) is 11.7 Å². The average molecular weight is 425 g/mol. The Morgan fingerprint density at radius 3 is 2.55 bits per heavy atom.